The number of carboxylic acid groups (broad SMARTS) is 1. The third-order valence-electron chi connectivity index (χ3n) is 4.37. The highest BCUT2D eigenvalue weighted by molar-refractivity contribution is 5.95. The van der Waals surface area contributed by atoms with Crippen LogP contribution in [0.15, 0.2) is 0 Å². The molecule has 0 aromatic rings. The summed E-state index contributed by atoms with van der Waals surface area (Å²) in [4.78, 5) is 36.4. The Balaban J connectivity index is 1.88. The summed E-state index contributed by atoms with van der Waals surface area (Å²) in [7, 11) is 0. The number of nitrogens with zero attached hydrogens (tertiary/aromatic N) is 1. The molecule has 1 saturated carbocycles. The number of aliphatic carboxylic acids is 1. The van der Waals surface area contributed by atoms with Crippen LogP contribution in [0.1, 0.15) is 32.6 Å². The van der Waals surface area contributed by atoms with E-state index in [9.17, 15) is 19.5 Å². The summed E-state index contributed by atoms with van der Waals surface area (Å²) in [6.07, 6.45) is 3.80. The molecule has 0 aromatic heterocycles. The highest BCUT2D eigenvalue weighted by atomic mass is 16.4. The summed E-state index contributed by atoms with van der Waals surface area (Å²) >= 11 is 0. The number of fused-ring (bicyclic) bond motifs is 1. The molecule has 1 aliphatic carbocycles. The van der Waals surface area contributed by atoms with Crippen molar-refractivity contribution < 1.29 is 19.5 Å². The molecule has 1 saturated heterocycles. The van der Waals surface area contributed by atoms with E-state index >= 15 is 0 Å². The Kier molecular flexibility index (Phi) is 5.17. The molecule has 0 aromatic carbocycles. The third-order valence-corrected chi connectivity index (χ3v) is 4.37. The fourth-order valence-corrected chi connectivity index (χ4v) is 3.53. The summed E-state index contributed by atoms with van der Waals surface area (Å²) in [5.74, 6) is -0.806. The molecule has 1 aliphatic heterocycles. The van der Waals surface area contributed by atoms with Gasteiger partial charge in [0.05, 0.1) is 6.54 Å². The van der Waals surface area contributed by atoms with Gasteiger partial charge in [0.2, 0.25) is 5.91 Å². The fraction of sp³-hybridized carbons (Fsp3) is 0.786. The Hall–Kier alpha value is -1.63. The molecule has 21 heavy (non-hydrogen) atoms. The lowest BCUT2D eigenvalue weighted by atomic mass is 9.94. The van der Waals surface area contributed by atoms with Crippen LogP contribution in [-0.2, 0) is 9.59 Å². The monoisotopic (exact) mass is 297 g/mol. The number of likely N-dealkylation sites (tertiary alicyclic amines) is 1. The molecule has 0 bridgehead atoms. The Morgan fingerprint density at radius 3 is 2.71 bits per heavy atom. The van der Waals surface area contributed by atoms with Gasteiger partial charge >= 0.3 is 12.0 Å². The van der Waals surface area contributed by atoms with Gasteiger partial charge in [-0.05, 0) is 31.1 Å². The van der Waals surface area contributed by atoms with Crippen molar-refractivity contribution in [2.75, 3.05) is 19.6 Å². The minimum Gasteiger partial charge on any atom is -0.480 e. The van der Waals surface area contributed by atoms with Gasteiger partial charge in [0.15, 0.2) is 0 Å². The van der Waals surface area contributed by atoms with Crippen LogP contribution in [0.25, 0.3) is 0 Å². The number of imide groups is 1. The van der Waals surface area contributed by atoms with Crippen LogP contribution in [0.2, 0.25) is 0 Å². The maximum absolute atomic E-state index is 11.9. The zero-order valence-corrected chi connectivity index (χ0v) is 12.3. The van der Waals surface area contributed by atoms with E-state index in [1.165, 1.54) is 0 Å². The molecule has 7 heteroatoms. The van der Waals surface area contributed by atoms with Crippen LogP contribution in [-0.4, -0.2) is 53.6 Å². The van der Waals surface area contributed by atoms with E-state index in [1.807, 2.05) is 6.92 Å². The first-order valence-corrected chi connectivity index (χ1v) is 7.57. The first-order valence-electron chi connectivity index (χ1n) is 7.57. The van der Waals surface area contributed by atoms with Crippen LogP contribution >= 0.6 is 0 Å². The van der Waals surface area contributed by atoms with Gasteiger partial charge in [-0.2, -0.15) is 0 Å². The van der Waals surface area contributed by atoms with Crippen molar-refractivity contribution in [3.05, 3.63) is 0 Å². The molecule has 2 rings (SSSR count). The smallest absolute Gasteiger partial charge is 0.321 e. The number of nitrogens with one attached hydrogen (secondary N) is 2. The summed E-state index contributed by atoms with van der Waals surface area (Å²) < 4.78 is 0. The predicted octanol–water partition coefficient (Wildman–Crippen LogP) is 0.407. The molecular weight excluding hydrogens is 274 g/mol. The molecule has 3 amide bonds. The maximum Gasteiger partial charge on any atom is 0.321 e. The molecule has 3 atom stereocenters. The summed E-state index contributed by atoms with van der Waals surface area (Å²) in [5.41, 5.74) is 0. The zero-order valence-electron chi connectivity index (χ0n) is 12.3. The van der Waals surface area contributed by atoms with Gasteiger partial charge in [-0.25, -0.2) is 4.79 Å². The first-order chi connectivity index (χ1) is 10.0. The number of carbonyl (C=O) groups is 3. The Morgan fingerprint density at radius 2 is 2.05 bits per heavy atom. The second kappa shape index (κ2) is 6.89. The minimum absolute atomic E-state index is 0.0382. The maximum atomic E-state index is 11.9. The standard InChI is InChI=1S/C14H23N3O4/c1-2-6-15-14(21)16-11(18)8-17-7-9-4-3-5-10(9)12(17)13(19)20/h9-10,12H,2-8H2,1H3,(H,19,20)(H2,15,16,18,21). The average molecular weight is 297 g/mol. The molecule has 3 N–H and O–H groups in total. The summed E-state index contributed by atoms with van der Waals surface area (Å²) in [6, 6.07) is -1.12. The van der Waals surface area contributed by atoms with Gasteiger partial charge < -0.3 is 10.4 Å². The van der Waals surface area contributed by atoms with Crippen molar-refractivity contribution >= 4 is 17.9 Å². The number of urea groups is 1. The van der Waals surface area contributed by atoms with Gasteiger partial charge in [-0.15, -0.1) is 0 Å². The number of hydrogen-bond acceptors (Lipinski definition) is 4. The van der Waals surface area contributed by atoms with Gasteiger partial charge in [-0.3, -0.25) is 19.8 Å². The van der Waals surface area contributed by atoms with Crippen molar-refractivity contribution in [3.63, 3.8) is 0 Å². The normalized spacial score (nSPS) is 28.1. The SMILES string of the molecule is CCCNC(=O)NC(=O)CN1CC2CCCC2C1C(=O)O. The van der Waals surface area contributed by atoms with Crippen LogP contribution < -0.4 is 10.6 Å². The average Bonchev–Trinajstić information content (AvgIpc) is 2.95. The highest BCUT2D eigenvalue weighted by Gasteiger charge is 2.48. The number of hydrogen-bond donors (Lipinski definition) is 3. The second-order valence-electron chi connectivity index (χ2n) is 5.87. The number of carbonyl (C=O) groups excluding carboxylic acids is 2. The van der Waals surface area contributed by atoms with E-state index in [0.717, 1.165) is 25.7 Å². The van der Waals surface area contributed by atoms with Crippen molar-refractivity contribution in [2.45, 2.75) is 38.6 Å². The minimum atomic E-state index is -0.868. The molecule has 1 heterocycles. The van der Waals surface area contributed by atoms with Gasteiger partial charge in [0.1, 0.15) is 6.04 Å². The van der Waals surface area contributed by atoms with Crippen molar-refractivity contribution in [1.29, 1.82) is 0 Å². The Morgan fingerprint density at radius 1 is 1.29 bits per heavy atom. The largest absolute Gasteiger partial charge is 0.480 e. The van der Waals surface area contributed by atoms with E-state index in [1.54, 1.807) is 4.90 Å². The first kappa shape index (κ1) is 15.8. The van der Waals surface area contributed by atoms with Crippen molar-refractivity contribution in [3.8, 4) is 0 Å². The molecule has 0 spiro atoms. The Labute approximate surface area is 124 Å². The highest BCUT2D eigenvalue weighted by Crippen LogP contribution is 2.41. The molecule has 2 aliphatic rings. The molecule has 7 nitrogen and oxygen atoms in total. The van der Waals surface area contributed by atoms with E-state index in [-0.39, 0.29) is 12.5 Å². The summed E-state index contributed by atoms with van der Waals surface area (Å²) in [6.45, 7) is 3.02. The van der Waals surface area contributed by atoms with Crippen LogP contribution in [0, 0.1) is 11.8 Å². The second-order valence-corrected chi connectivity index (χ2v) is 5.87. The van der Waals surface area contributed by atoms with Gasteiger partial charge in [0.25, 0.3) is 0 Å². The predicted molar refractivity (Wildman–Crippen MR) is 75.7 cm³/mol. The van der Waals surface area contributed by atoms with Crippen LogP contribution in [0.5, 0.6) is 0 Å². The lowest BCUT2D eigenvalue weighted by molar-refractivity contribution is -0.144. The fourth-order valence-electron chi connectivity index (χ4n) is 3.53. The van der Waals surface area contributed by atoms with E-state index < -0.39 is 23.9 Å². The van der Waals surface area contributed by atoms with Crippen LogP contribution in [0.4, 0.5) is 4.79 Å². The topological polar surface area (TPSA) is 98.7 Å². The number of amides is 3. The Bertz CT molecular complexity index is 426. The quantitative estimate of drug-likeness (QED) is 0.682. The van der Waals surface area contributed by atoms with Gasteiger partial charge in [0, 0.05) is 13.1 Å². The zero-order chi connectivity index (χ0) is 15.4. The van der Waals surface area contributed by atoms with Gasteiger partial charge in [-0.1, -0.05) is 13.3 Å². The molecule has 118 valence electrons. The van der Waals surface area contributed by atoms with Crippen molar-refractivity contribution in [2.24, 2.45) is 11.8 Å². The van der Waals surface area contributed by atoms with E-state index in [4.69, 9.17) is 0 Å². The lowest BCUT2D eigenvalue weighted by Gasteiger charge is -2.23. The van der Waals surface area contributed by atoms with E-state index in [0.29, 0.717) is 19.0 Å². The van der Waals surface area contributed by atoms with E-state index in [2.05, 4.69) is 10.6 Å². The summed E-state index contributed by atoms with van der Waals surface area (Å²) in [5, 5.41) is 14.2. The third kappa shape index (κ3) is 3.72. The molecule has 3 unspecified atom stereocenters. The molecule has 0 radical (unpaired) electrons. The molecule has 2 fully saturated rings. The molecular formula is C14H23N3O4. The number of carboxylic acids is 1. The van der Waals surface area contributed by atoms with Crippen molar-refractivity contribution in [1.82, 2.24) is 15.5 Å². The number of rotatable bonds is 5. The van der Waals surface area contributed by atoms with Crippen LogP contribution in [0.3, 0.4) is 0 Å². The lowest BCUT2D eigenvalue weighted by Crippen LogP contribution is -2.48.